The van der Waals surface area contributed by atoms with Crippen molar-refractivity contribution in [2.24, 2.45) is 0 Å². The van der Waals surface area contributed by atoms with Crippen molar-refractivity contribution in [3.8, 4) is 10.6 Å². The number of pyridine rings is 1. The minimum Gasteiger partial charge on any atom is -0.289 e. The molecule has 1 unspecified atom stereocenters. The van der Waals surface area contributed by atoms with E-state index >= 15 is 4.39 Å². The van der Waals surface area contributed by atoms with E-state index in [1.807, 2.05) is 30.3 Å². The molecule has 1 aliphatic carbocycles. The molecule has 0 amide bonds. The van der Waals surface area contributed by atoms with E-state index in [2.05, 4.69) is 17.1 Å². The Labute approximate surface area is 202 Å². The van der Waals surface area contributed by atoms with Gasteiger partial charge in [-0.05, 0) is 48.7 Å². The topological polar surface area (TPSA) is 100 Å². The van der Waals surface area contributed by atoms with Crippen molar-refractivity contribution >= 4 is 48.5 Å². The van der Waals surface area contributed by atoms with E-state index in [1.54, 1.807) is 0 Å². The Bertz CT molecular complexity index is 1520. The standard InChI is InChI=1S/C23H20FN3O4S3/c1-34(30,31)14-27(33(28)29)16-7-8-17(18(24)13-16)21-25-19-9-10-20(26-22(19)32-21)23(11-12-23)15-5-3-2-4-6-15/h2-10,13H,11-12,14H2,1H3,(H,28,29). The van der Waals surface area contributed by atoms with Gasteiger partial charge in [-0.15, -0.1) is 0 Å². The lowest BCUT2D eigenvalue weighted by Gasteiger charge is -2.19. The molecule has 0 aliphatic heterocycles. The highest BCUT2D eigenvalue weighted by Gasteiger charge is 2.47. The number of aromatic nitrogens is 2. The number of hydrogen-bond acceptors (Lipinski definition) is 6. The third-order valence-corrected chi connectivity index (χ3v) is 8.44. The number of hydrogen-bond donors (Lipinski definition) is 1. The molecule has 4 aromatic rings. The quantitative estimate of drug-likeness (QED) is 0.362. The fourth-order valence-electron chi connectivity index (χ4n) is 4.03. The largest absolute Gasteiger partial charge is 0.289 e. The molecule has 0 spiro atoms. The third-order valence-electron chi connectivity index (χ3n) is 5.83. The summed E-state index contributed by atoms with van der Waals surface area (Å²) in [4.78, 5) is 10.1. The summed E-state index contributed by atoms with van der Waals surface area (Å²) in [6.07, 6.45) is 2.98. The van der Waals surface area contributed by atoms with Crippen LogP contribution in [0.2, 0.25) is 0 Å². The maximum absolute atomic E-state index is 15.0. The molecule has 1 aliphatic rings. The van der Waals surface area contributed by atoms with Gasteiger partial charge in [0, 0.05) is 17.2 Å². The van der Waals surface area contributed by atoms with Gasteiger partial charge in [-0.2, -0.15) is 0 Å². The number of fused-ring (bicyclic) bond motifs is 1. The summed E-state index contributed by atoms with van der Waals surface area (Å²) in [5.74, 6) is -1.39. The Morgan fingerprint density at radius 3 is 2.47 bits per heavy atom. The first-order chi connectivity index (χ1) is 16.2. The number of anilines is 1. The minimum atomic E-state index is -3.61. The van der Waals surface area contributed by atoms with Crippen LogP contribution in [-0.4, -0.2) is 39.3 Å². The molecule has 5 rings (SSSR count). The monoisotopic (exact) mass is 517 g/mol. The molecule has 1 saturated carbocycles. The molecule has 34 heavy (non-hydrogen) atoms. The number of thiazole rings is 1. The van der Waals surface area contributed by atoms with E-state index in [1.165, 1.54) is 29.0 Å². The van der Waals surface area contributed by atoms with Crippen LogP contribution in [0.15, 0.2) is 60.7 Å². The van der Waals surface area contributed by atoms with Crippen molar-refractivity contribution < 1.29 is 21.6 Å². The number of rotatable bonds is 7. The van der Waals surface area contributed by atoms with E-state index in [-0.39, 0.29) is 16.7 Å². The van der Waals surface area contributed by atoms with E-state index in [4.69, 9.17) is 4.98 Å². The zero-order valence-electron chi connectivity index (χ0n) is 18.0. The summed E-state index contributed by atoms with van der Waals surface area (Å²) < 4.78 is 60.0. The molecule has 2 aromatic carbocycles. The third kappa shape index (κ3) is 4.36. The molecule has 2 heterocycles. The Morgan fingerprint density at radius 1 is 1.12 bits per heavy atom. The highest BCUT2D eigenvalue weighted by atomic mass is 32.2. The second-order valence-corrected chi connectivity index (χ2v) is 12.3. The molecule has 1 fully saturated rings. The fraction of sp³-hybridized carbons (Fsp3) is 0.217. The van der Waals surface area contributed by atoms with Gasteiger partial charge in [0.15, 0.2) is 9.84 Å². The van der Waals surface area contributed by atoms with Crippen molar-refractivity contribution in [2.45, 2.75) is 18.3 Å². The first-order valence-corrected chi connectivity index (χ1v) is 14.3. The van der Waals surface area contributed by atoms with Crippen LogP contribution in [-0.2, 0) is 26.5 Å². The van der Waals surface area contributed by atoms with Crippen molar-refractivity contribution in [3.63, 3.8) is 0 Å². The summed E-state index contributed by atoms with van der Waals surface area (Å²) in [5.41, 5.74) is 2.96. The maximum Gasteiger partial charge on any atom is 0.262 e. The average molecular weight is 518 g/mol. The summed E-state index contributed by atoms with van der Waals surface area (Å²) in [6.45, 7) is 0. The Morgan fingerprint density at radius 2 is 1.85 bits per heavy atom. The first kappa shape index (κ1) is 23.0. The van der Waals surface area contributed by atoms with Gasteiger partial charge >= 0.3 is 0 Å². The zero-order valence-corrected chi connectivity index (χ0v) is 20.5. The Balaban J connectivity index is 1.49. The predicted molar refractivity (Wildman–Crippen MR) is 132 cm³/mol. The van der Waals surface area contributed by atoms with E-state index in [0.29, 0.717) is 19.7 Å². The normalized spacial score (nSPS) is 15.9. The average Bonchev–Trinajstić information content (AvgIpc) is 3.50. The van der Waals surface area contributed by atoms with Crippen LogP contribution in [0.5, 0.6) is 0 Å². The van der Waals surface area contributed by atoms with Gasteiger partial charge in [0.25, 0.3) is 11.3 Å². The highest BCUT2D eigenvalue weighted by Crippen LogP contribution is 2.53. The lowest BCUT2D eigenvalue weighted by atomic mass is 9.92. The maximum atomic E-state index is 15.0. The van der Waals surface area contributed by atoms with Crippen molar-refractivity contribution in [1.29, 1.82) is 0 Å². The van der Waals surface area contributed by atoms with Gasteiger partial charge in [0.2, 0.25) is 0 Å². The van der Waals surface area contributed by atoms with Crippen molar-refractivity contribution in [1.82, 2.24) is 9.97 Å². The zero-order chi connectivity index (χ0) is 24.1. The van der Waals surface area contributed by atoms with Crippen LogP contribution in [0.3, 0.4) is 0 Å². The summed E-state index contributed by atoms with van der Waals surface area (Å²) >= 11 is -1.36. The lowest BCUT2D eigenvalue weighted by molar-refractivity contribution is 0.558. The molecule has 0 radical (unpaired) electrons. The second kappa shape index (κ2) is 8.49. The lowest BCUT2D eigenvalue weighted by Crippen LogP contribution is -2.30. The van der Waals surface area contributed by atoms with Gasteiger partial charge in [-0.3, -0.25) is 8.86 Å². The van der Waals surface area contributed by atoms with Crippen LogP contribution < -0.4 is 4.31 Å². The molecule has 176 valence electrons. The summed E-state index contributed by atoms with van der Waals surface area (Å²) in [7, 11) is -3.61. The fourth-order valence-corrected chi connectivity index (χ4v) is 6.80. The van der Waals surface area contributed by atoms with Crippen molar-refractivity contribution in [3.05, 3.63) is 77.7 Å². The van der Waals surface area contributed by atoms with Gasteiger partial charge in [-0.25, -0.2) is 27.0 Å². The predicted octanol–water partition coefficient (Wildman–Crippen LogP) is 4.52. The molecule has 1 atom stereocenters. The molecule has 1 N–H and O–H groups in total. The summed E-state index contributed by atoms with van der Waals surface area (Å²) in [5, 5.41) is 0.424. The first-order valence-electron chi connectivity index (χ1n) is 10.4. The van der Waals surface area contributed by atoms with E-state index in [0.717, 1.165) is 30.9 Å². The second-order valence-electron chi connectivity index (χ2n) is 8.32. The van der Waals surface area contributed by atoms with Crippen molar-refractivity contribution in [2.75, 3.05) is 16.4 Å². The van der Waals surface area contributed by atoms with Gasteiger partial charge < -0.3 is 0 Å². The van der Waals surface area contributed by atoms with Crippen LogP contribution in [0, 0.1) is 5.82 Å². The molecule has 11 heteroatoms. The van der Waals surface area contributed by atoms with Crippen LogP contribution >= 0.6 is 11.3 Å². The Hall–Kier alpha value is -2.73. The SMILES string of the molecule is CS(=O)(=O)CN(c1ccc(-c2nc3ccc(C4(c5ccccc5)CC4)nc3s2)c(F)c1)S(=O)O. The number of sulfone groups is 1. The van der Waals surface area contributed by atoms with Crippen LogP contribution in [0.1, 0.15) is 24.1 Å². The van der Waals surface area contributed by atoms with E-state index in [9.17, 15) is 17.2 Å². The molecule has 0 saturated heterocycles. The molecular weight excluding hydrogens is 497 g/mol. The van der Waals surface area contributed by atoms with Gasteiger partial charge in [0.05, 0.1) is 11.4 Å². The van der Waals surface area contributed by atoms with Gasteiger partial charge in [-0.1, -0.05) is 41.7 Å². The molecule has 0 bridgehead atoms. The number of nitrogens with zero attached hydrogens (tertiary/aromatic N) is 3. The number of halogens is 1. The van der Waals surface area contributed by atoms with Crippen LogP contribution in [0.4, 0.5) is 10.1 Å². The van der Waals surface area contributed by atoms with E-state index < -0.39 is 32.8 Å². The number of benzene rings is 2. The Kier molecular flexibility index (Phi) is 5.75. The van der Waals surface area contributed by atoms with Crippen LogP contribution in [0.25, 0.3) is 20.9 Å². The summed E-state index contributed by atoms with van der Waals surface area (Å²) in [6, 6.07) is 18.0. The highest BCUT2D eigenvalue weighted by molar-refractivity contribution is 7.92. The molecule has 2 aromatic heterocycles. The van der Waals surface area contributed by atoms with Gasteiger partial charge in [0.1, 0.15) is 27.0 Å². The minimum absolute atomic E-state index is 0.0208. The molecule has 7 nitrogen and oxygen atoms in total. The molecular formula is C23H20FN3O4S3. The smallest absolute Gasteiger partial charge is 0.262 e.